The molecule has 34 heavy (non-hydrogen) atoms. The van der Waals surface area contributed by atoms with Gasteiger partial charge in [0.25, 0.3) is 5.91 Å². The summed E-state index contributed by atoms with van der Waals surface area (Å²) in [7, 11) is 0. The minimum absolute atomic E-state index is 0.0642. The number of carbonyl (C=O) groups is 1. The molecule has 174 valence electrons. The average molecular weight is 464 g/mol. The highest BCUT2D eigenvalue weighted by Crippen LogP contribution is 2.25. The molecule has 0 radical (unpaired) electrons. The summed E-state index contributed by atoms with van der Waals surface area (Å²) >= 11 is 0. The number of hydrogen-bond acceptors (Lipinski definition) is 5. The summed E-state index contributed by atoms with van der Waals surface area (Å²) in [4.78, 5) is 17.0. The maximum Gasteiger partial charge on any atom is 0.336 e. The lowest BCUT2D eigenvalue weighted by Crippen LogP contribution is -2.14. The van der Waals surface area contributed by atoms with Crippen LogP contribution in [0.3, 0.4) is 0 Å². The smallest absolute Gasteiger partial charge is 0.336 e. The van der Waals surface area contributed by atoms with Crippen LogP contribution in [0, 0.1) is 11.6 Å². The van der Waals surface area contributed by atoms with E-state index in [0.717, 1.165) is 0 Å². The van der Waals surface area contributed by atoms with Gasteiger partial charge in [-0.05, 0) is 61.5 Å². The Kier molecular flexibility index (Phi) is 7.24. The summed E-state index contributed by atoms with van der Waals surface area (Å²) in [6.45, 7) is 3.10. The van der Waals surface area contributed by atoms with Crippen LogP contribution in [0.1, 0.15) is 17.3 Å². The van der Waals surface area contributed by atoms with E-state index in [1.807, 2.05) is 6.92 Å². The SMILES string of the molecule is CCOCCOc1nc(-c2ccc(F)cc2)n(-c2cccc(NC(=O)c3ccccc3F)c2)n1. The Labute approximate surface area is 195 Å². The molecule has 0 aliphatic rings. The van der Waals surface area contributed by atoms with Crippen molar-refractivity contribution in [3.05, 3.63) is 90.0 Å². The van der Waals surface area contributed by atoms with Crippen LogP contribution in [-0.4, -0.2) is 40.5 Å². The maximum absolute atomic E-state index is 14.0. The number of nitrogens with zero attached hydrogens (tertiary/aromatic N) is 3. The fourth-order valence-electron chi connectivity index (χ4n) is 3.22. The second-order valence-corrected chi connectivity index (χ2v) is 7.17. The molecule has 0 saturated carbocycles. The Morgan fingerprint density at radius 3 is 2.56 bits per heavy atom. The Hall–Kier alpha value is -4.11. The number of anilines is 1. The molecule has 1 N–H and O–H groups in total. The maximum atomic E-state index is 14.0. The second kappa shape index (κ2) is 10.7. The molecular formula is C25H22F2N4O3. The number of aromatic nitrogens is 3. The standard InChI is InChI=1S/C25H22F2N4O3/c1-2-33-14-15-34-25-29-23(17-10-12-18(26)13-11-17)31(30-25)20-7-5-6-19(16-20)28-24(32)21-8-3-4-9-22(21)27/h3-13,16H,2,14-15H2,1H3,(H,28,32). The number of carbonyl (C=O) groups excluding carboxylic acids is 1. The first-order valence-electron chi connectivity index (χ1n) is 10.6. The number of hydrogen-bond donors (Lipinski definition) is 1. The number of halogens is 2. The van der Waals surface area contributed by atoms with Crippen molar-refractivity contribution in [1.82, 2.24) is 14.8 Å². The van der Waals surface area contributed by atoms with Gasteiger partial charge in [-0.15, -0.1) is 5.10 Å². The number of amides is 1. The molecule has 4 rings (SSSR count). The van der Waals surface area contributed by atoms with Crippen molar-refractivity contribution >= 4 is 11.6 Å². The van der Waals surface area contributed by atoms with Gasteiger partial charge >= 0.3 is 6.01 Å². The molecule has 7 nitrogen and oxygen atoms in total. The highest BCUT2D eigenvalue weighted by atomic mass is 19.1. The summed E-state index contributed by atoms with van der Waals surface area (Å²) in [5.41, 5.74) is 1.56. The van der Waals surface area contributed by atoms with Crippen molar-refractivity contribution in [3.8, 4) is 23.1 Å². The Morgan fingerprint density at radius 2 is 1.79 bits per heavy atom. The van der Waals surface area contributed by atoms with Gasteiger partial charge in [0.1, 0.15) is 18.2 Å². The van der Waals surface area contributed by atoms with Crippen LogP contribution in [0.15, 0.2) is 72.8 Å². The van der Waals surface area contributed by atoms with Crippen LogP contribution in [0.25, 0.3) is 17.1 Å². The fourth-order valence-corrected chi connectivity index (χ4v) is 3.22. The quantitative estimate of drug-likeness (QED) is 0.357. The molecule has 0 bridgehead atoms. The molecule has 1 amide bonds. The largest absolute Gasteiger partial charge is 0.460 e. The van der Waals surface area contributed by atoms with E-state index in [2.05, 4.69) is 15.4 Å². The van der Waals surface area contributed by atoms with Crippen molar-refractivity contribution in [2.45, 2.75) is 6.92 Å². The molecule has 0 aliphatic carbocycles. The number of ether oxygens (including phenoxy) is 2. The van der Waals surface area contributed by atoms with Crippen molar-refractivity contribution < 1.29 is 23.0 Å². The molecular weight excluding hydrogens is 442 g/mol. The summed E-state index contributed by atoms with van der Waals surface area (Å²) < 4.78 is 39.9. The van der Waals surface area contributed by atoms with Gasteiger partial charge in [-0.25, -0.2) is 13.5 Å². The van der Waals surface area contributed by atoms with Gasteiger partial charge in [-0.3, -0.25) is 4.79 Å². The summed E-state index contributed by atoms with van der Waals surface area (Å²) in [5.74, 6) is -1.14. The third-order valence-electron chi connectivity index (χ3n) is 4.82. The minimum atomic E-state index is -0.611. The van der Waals surface area contributed by atoms with Crippen LogP contribution < -0.4 is 10.1 Å². The number of rotatable bonds is 9. The van der Waals surface area contributed by atoms with E-state index >= 15 is 0 Å². The van der Waals surface area contributed by atoms with E-state index < -0.39 is 11.7 Å². The number of nitrogens with one attached hydrogen (secondary N) is 1. The molecule has 0 atom stereocenters. The minimum Gasteiger partial charge on any atom is -0.460 e. The zero-order valence-corrected chi connectivity index (χ0v) is 18.4. The van der Waals surface area contributed by atoms with Crippen LogP contribution in [0.5, 0.6) is 6.01 Å². The first-order valence-corrected chi connectivity index (χ1v) is 10.6. The van der Waals surface area contributed by atoms with E-state index in [1.54, 1.807) is 42.5 Å². The molecule has 3 aromatic carbocycles. The molecule has 0 spiro atoms. The monoisotopic (exact) mass is 464 g/mol. The van der Waals surface area contributed by atoms with Gasteiger partial charge in [0.15, 0.2) is 5.82 Å². The van der Waals surface area contributed by atoms with Crippen LogP contribution in [0.4, 0.5) is 14.5 Å². The molecule has 1 aromatic heterocycles. The summed E-state index contributed by atoms with van der Waals surface area (Å²) in [6.07, 6.45) is 0. The van der Waals surface area contributed by atoms with E-state index in [1.165, 1.54) is 35.0 Å². The Morgan fingerprint density at radius 1 is 1.00 bits per heavy atom. The lowest BCUT2D eigenvalue weighted by molar-refractivity contribution is 0.102. The van der Waals surface area contributed by atoms with E-state index in [-0.39, 0.29) is 24.0 Å². The Bertz CT molecular complexity index is 1280. The zero-order valence-electron chi connectivity index (χ0n) is 18.4. The molecule has 4 aromatic rings. The Balaban J connectivity index is 1.64. The van der Waals surface area contributed by atoms with Crippen LogP contribution >= 0.6 is 0 Å². The third kappa shape index (κ3) is 5.44. The van der Waals surface area contributed by atoms with Gasteiger partial charge in [0, 0.05) is 17.9 Å². The summed E-state index contributed by atoms with van der Waals surface area (Å²) in [5, 5.41) is 7.12. The highest BCUT2D eigenvalue weighted by Gasteiger charge is 2.16. The zero-order chi connectivity index (χ0) is 23.9. The average Bonchev–Trinajstić information content (AvgIpc) is 3.27. The van der Waals surface area contributed by atoms with E-state index in [4.69, 9.17) is 9.47 Å². The van der Waals surface area contributed by atoms with Gasteiger partial charge < -0.3 is 14.8 Å². The van der Waals surface area contributed by atoms with E-state index in [0.29, 0.717) is 36.0 Å². The normalized spacial score (nSPS) is 10.8. The van der Waals surface area contributed by atoms with Crippen molar-refractivity contribution in [1.29, 1.82) is 0 Å². The topological polar surface area (TPSA) is 78.3 Å². The predicted octanol–water partition coefficient (Wildman–Crippen LogP) is 4.88. The van der Waals surface area contributed by atoms with Gasteiger partial charge in [-0.1, -0.05) is 18.2 Å². The van der Waals surface area contributed by atoms with Crippen molar-refractivity contribution in [3.63, 3.8) is 0 Å². The molecule has 0 unspecified atom stereocenters. The van der Waals surface area contributed by atoms with Crippen molar-refractivity contribution in [2.75, 3.05) is 25.1 Å². The lowest BCUT2D eigenvalue weighted by Gasteiger charge is -2.10. The molecule has 9 heteroatoms. The fraction of sp³-hybridized carbons (Fsp3) is 0.160. The highest BCUT2D eigenvalue weighted by molar-refractivity contribution is 6.04. The van der Waals surface area contributed by atoms with E-state index in [9.17, 15) is 13.6 Å². The molecule has 1 heterocycles. The van der Waals surface area contributed by atoms with Gasteiger partial charge in [0.05, 0.1) is 17.9 Å². The molecule has 0 saturated heterocycles. The second-order valence-electron chi connectivity index (χ2n) is 7.17. The van der Waals surface area contributed by atoms with Gasteiger partial charge in [0.2, 0.25) is 0 Å². The van der Waals surface area contributed by atoms with Crippen LogP contribution in [0.2, 0.25) is 0 Å². The first-order chi connectivity index (χ1) is 16.5. The van der Waals surface area contributed by atoms with Gasteiger partial charge in [-0.2, -0.15) is 4.98 Å². The first kappa shape index (κ1) is 23.1. The predicted molar refractivity (Wildman–Crippen MR) is 123 cm³/mol. The lowest BCUT2D eigenvalue weighted by atomic mass is 10.2. The number of benzene rings is 3. The van der Waals surface area contributed by atoms with Crippen molar-refractivity contribution in [2.24, 2.45) is 0 Å². The summed E-state index contributed by atoms with van der Waals surface area (Å²) in [6, 6.07) is 18.5. The van der Waals surface area contributed by atoms with Crippen LogP contribution in [-0.2, 0) is 4.74 Å². The molecule has 0 aliphatic heterocycles. The molecule has 0 fully saturated rings. The third-order valence-corrected chi connectivity index (χ3v) is 4.82.